The van der Waals surface area contributed by atoms with Crippen LogP contribution in [-0.4, -0.2) is 44.3 Å². The lowest BCUT2D eigenvalue weighted by Gasteiger charge is -2.27. The first-order chi connectivity index (χ1) is 12.2. The molecule has 0 aliphatic rings. The van der Waals surface area contributed by atoms with E-state index in [9.17, 15) is 9.90 Å². The molecule has 1 amide bonds. The highest BCUT2D eigenvalue weighted by molar-refractivity contribution is 5.90. The van der Waals surface area contributed by atoms with Gasteiger partial charge in [0.15, 0.2) is 0 Å². The summed E-state index contributed by atoms with van der Waals surface area (Å²) in [5.74, 6) is -0.151. The van der Waals surface area contributed by atoms with Gasteiger partial charge in [0.05, 0.1) is 11.7 Å². The number of nitrogens with zero attached hydrogens (tertiary/aromatic N) is 4. The van der Waals surface area contributed by atoms with Crippen LogP contribution in [-0.2, 0) is 0 Å². The average molecular weight is 336 g/mol. The number of aliphatic hydroxyl groups is 1. The second-order valence-corrected chi connectivity index (χ2v) is 5.70. The van der Waals surface area contributed by atoms with E-state index in [1.54, 1.807) is 16.6 Å². The van der Waals surface area contributed by atoms with Gasteiger partial charge < -0.3 is 10.0 Å². The van der Waals surface area contributed by atoms with E-state index in [1.165, 1.54) is 6.33 Å². The molecule has 6 nitrogen and oxygen atoms in total. The van der Waals surface area contributed by atoms with Crippen molar-refractivity contribution in [2.24, 2.45) is 0 Å². The Morgan fingerprint density at radius 1 is 1.12 bits per heavy atom. The quantitative estimate of drug-likeness (QED) is 0.751. The lowest BCUT2D eigenvalue weighted by molar-refractivity contribution is 0.0693. The number of carbonyl (C=O) groups excluding carboxylic acids is 1. The van der Waals surface area contributed by atoms with Crippen molar-refractivity contribution in [2.45, 2.75) is 12.5 Å². The Morgan fingerprint density at radius 2 is 1.76 bits per heavy atom. The largest absolute Gasteiger partial charge is 0.396 e. The number of hydrogen-bond donors (Lipinski definition) is 1. The third-order valence-corrected chi connectivity index (χ3v) is 4.08. The third kappa shape index (κ3) is 3.75. The van der Waals surface area contributed by atoms with Crippen LogP contribution >= 0.6 is 0 Å². The minimum atomic E-state index is -0.281. The summed E-state index contributed by atoms with van der Waals surface area (Å²) >= 11 is 0. The number of aliphatic hydroxyl groups excluding tert-OH is 1. The minimum absolute atomic E-state index is 0.0108. The Labute approximate surface area is 146 Å². The Hall–Kier alpha value is -2.99. The zero-order valence-corrected chi connectivity index (χ0v) is 14.0. The Kier molecular flexibility index (Phi) is 5.20. The molecular weight excluding hydrogens is 316 g/mol. The van der Waals surface area contributed by atoms with Gasteiger partial charge in [0.2, 0.25) is 5.82 Å². The summed E-state index contributed by atoms with van der Waals surface area (Å²) in [5.41, 5.74) is 1.81. The zero-order chi connectivity index (χ0) is 17.6. The summed E-state index contributed by atoms with van der Waals surface area (Å²) in [6.45, 7) is -0.0108. The number of para-hydroxylation sites is 1. The Balaban J connectivity index is 1.83. The average Bonchev–Trinajstić information content (AvgIpc) is 3.16. The van der Waals surface area contributed by atoms with Gasteiger partial charge in [0.1, 0.15) is 6.33 Å². The highest BCUT2D eigenvalue weighted by Crippen LogP contribution is 2.23. The SMILES string of the molecule is CN(C(=O)c1ncn(-c2ccccc2)n1)C(CCO)c1ccccc1. The number of hydrogen-bond acceptors (Lipinski definition) is 4. The molecule has 0 aliphatic carbocycles. The van der Waals surface area contributed by atoms with Crippen molar-refractivity contribution in [3.63, 3.8) is 0 Å². The highest BCUT2D eigenvalue weighted by Gasteiger charge is 2.25. The molecule has 3 aromatic rings. The first-order valence-electron chi connectivity index (χ1n) is 8.10. The van der Waals surface area contributed by atoms with E-state index in [0.29, 0.717) is 6.42 Å². The number of amides is 1. The van der Waals surface area contributed by atoms with Crippen LogP contribution in [0.15, 0.2) is 67.0 Å². The number of benzene rings is 2. The maximum Gasteiger partial charge on any atom is 0.293 e. The molecule has 0 saturated heterocycles. The molecule has 1 aromatic heterocycles. The van der Waals surface area contributed by atoms with Gasteiger partial charge in [-0.2, -0.15) is 0 Å². The molecule has 1 atom stereocenters. The summed E-state index contributed by atoms with van der Waals surface area (Å²) in [4.78, 5) is 18.5. The number of aromatic nitrogens is 3. The van der Waals surface area contributed by atoms with Crippen molar-refractivity contribution in [1.82, 2.24) is 19.7 Å². The highest BCUT2D eigenvalue weighted by atomic mass is 16.3. The lowest BCUT2D eigenvalue weighted by Crippen LogP contribution is -2.32. The van der Waals surface area contributed by atoms with Crippen LogP contribution < -0.4 is 0 Å². The predicted molar refractivity (Wildman–Crippen MR) is 94.3 cm³/mol. The molecule has 0 spiro atoms. The van der Waals surface area contributed by atoms with Gasteiger partial charge in [-0.3, -0.25) is 4.79 Å². The number of carbonyl (C=O) groups is 1. The van der Waals surface area contributed by atoms with Gasteiger partial charge in [0, 0.05) is 13.7 Å². The molecule has 0 aliphatic heterocycles. The molecule has 1 unspecified atom stereocenters. The third-order valence-electron chi connectivity index (χ3n) is 4.08. The van der Waals surface area contributed by atoms with Gasteiger partial charge in [-0.05, 0) is 24.1 Å². The van der Waals surface area contributed by atoms with Crippen LogP contribution in [0.25, 0.3) is 5.69 Å². The fourth-order valence-electron chi connectivity index (χ4n) is 2.75. The normalized spacial score (nSPS) is 11.9. The van der Waals surface area contributed by atoms with E-state index in [1.807, 2.05) is 60.7 Å². The summed E-state index contributed by atoms with van der Waals surface area (Å²) in [5, 5.41) is 13.7. The van der Waals surface area contributed by atoms with Crippen molar-refractivity contribution >= 4 is 5.91 Å². The fraction of sp³-hybridized carbons (Fsp3) is 0.211. The van der Waals surface area contributed by atoms with Crippen LogP contribution in [0, 0.1) is 0 Å². The molecule has 0 fully saturated rings. The van der Waals surface area contributed by atoms with E-state index >= 15 is 0 Å². The minimum Gasteiger partial charge on any atom is -0.396 e. The lowest BCUT2D eigenvalue weighted by atomic mass is 10.0. The fourth-order valence-corrected chi connectivity index (χ4v) is 2.75. The van der Waals surface area contributed by atoms with Crippen LogP contribution in [0.1, 0.15) is 28.6 Å². The van der Waals surface area contributed by atoms with Gasteiger partial charge in [-0.15, -0.1) is 5.10 Å². The standard InChI is InChI=1S/C19H20N4O2/c1-22(17(12-13-24)15-8-4-2-5-9-15)19(25)18-20-14-23(21-18)16-10-6-3-7-11-16/h2-11,14,17,24H,12-13H2,1H3. The molecule has 6 heteroatoms. The maximum atomic E-state index is 12.8. The van der Waals surface area contributed by atoms with E-state index in [4.69, 9.17) is 0 Å². The molecule has 1 heterocycles. The van der Waals surface area contributed by atoms with Gasteiger partial charge in [0.25, 0.3) is 5.91 Å². The van der Waals surface area contributed by atoms with Crippen molar-refractivity contribution in [2.75, 3.05) is 13.7 Å². The first-order valence-corrected chi connectivity index (χ1v) is 8.10. The monoisotopic (exact) mass is 336 g/mol. The number of rotatable bonds is 6. The molecule has 2 aromatic carbocycles. The molecule has 128 valence electrons. The van der Waals surface area contributed by atoms with Gasteiger partial charge >= 0.3 is 0 Å². The van der Waals surface area contributed by atoms with Gasteiger partial charge in [-0.1, -0.05) is 48.5 Å². The van der Waals surface area contributed by atoms with Gasteiger partial charge in [-0.25, -0.2) is 9.67 Å². The second kappa shape index (κ2) is 7.72. The molecule has 1 N–H and O–H groups in total. The Morgan fingerprint density at radius 3 is 2.40 bits per heavy atom. The van der Waals surface area contributed by atoms with Crippen molar-refractivity contribution in [3.8, 4) is 5.69 Å². The second-order valence-electron chi connectivity index (χ2n) is 5.70. The zero-order valence-electron chi connectivity index (χ0n) is 14.0. The van der Waals surface area contributed by atoms with Crippen molar-refractivity contribution in [1.29, 1.82) is 0 Å². The first kappa shape index (κ1) is 16.9. The molecule has 0 saturated carbocycles. The summed E-state index contributed by atoms with van der Waals surface area (Å²) in [6.07, 6.45) is 1.98. The van der Waals surface area contributed by atoms with Crippen LogP contribution in [0.5, 0.6) is 0 Å². The summed E-state index contributed by atoms with van der Waals surface area (Å²) in [7, 11) is 1.71. The van der Waals surface area contributed by atoms with E-state index in [-0.39, 0.29) is 24.4 Å². The van der Waals surface area contributed by atoms with Crippen LogP contribution in [0.2, 0.25) is 0 Å². The van der Waals surface area contributed by atoms with E-state index in [0.717, 1.165) is 11.3 Å². The van der Waals surface area contributed by atoms with Crippen molar-refractivity contribution < 1.29 is 9.90 Å². The molecule has 0 bridgehead atoms. The molecule has 0 radical (unpaired) electrons. The topological polar surface area (TPSA) is 71.2 Å². The summed E-state index contributed by atoms with van der Waals surface area (Å²) in [6, 6.07) is 18.9. The molecular formula is C19H20N4O2. The molecule has 25 heavy (non-hydrogen) atoms. The molecule has 3 rings (SSSR count). The van der Waals surface area contributed by atoms with Crippen LogP contribution in [0.4, 0.5) is 0 Å². The van der Waals surface area contributed by atoms with E-state index in [2.05, 4.69) is 10.1 Å². The predicted octanol–water partition coefficient (Wildman–Crippen LogP) is 2.46. The Bertz CT molecular complexity index is 818. The van der Waals surface area contributed by atoms with E-state index < -0.39 is 0 Å². The maximum absolute atomic E-state index is 12.8. The van der Waals surface area contributed by atoms with Crippen LogP contribution in [0.3, 0.4) is 0 Å². The smallest absolute Gasteiger partial charge is 0.293 e. The van der Waals surface area contributed by atoms with Crippen molar-refractivity contribution in [3.05, 3.63) is 78.4 Å². The summed E-state index contributed by atoms with van der Waals surface area (Å²) < 4.78 is 1.57.